The SMILES string of the molecule is c1ccc2c(c1)-c1ccncc1B1Oc3cc4oc5ccccc5c4cc3N12. The van der Waals surface area contributed by atoms with Crippen molar-refractivity contribution in [1.29, 1.82) is 0 Å². The van der Waals surface area contributed by atoms with E-state index in [1.54, 1.807) is 0 Å². The molecule has 0 bridgehead atoms. The summed E-state index contributed by atoms with van der Waals surface area (Å²) in [6.45, 7) is 0. The van der Waals surface area contributed by atoms with Crippen LogP contribution in [0.25, 0.3) is 33.1 Å². The zero-order chi connectivity index (χ0) is 18.2. The highest BCUT2D eigenvalue weighted by Crippen LogP contribution is 2.49. The molecule has 0 amide bonds. The maximum absolute atomic E-state index is 6.42. The Bertz CT molecular complexity index is 1430. The number of hydrogen-bond acceptors (Lipinski definition) is 4. The van der Waals surface area contributed by atoms with E-state index in [2.05, 4.69) is 52.3 Å². The molecule has 0 saturated heterocycles. The van der Waals surface area contributed by atoms with Crippen molar-refractivity contribution in [2.45, 2.75) is 0 Å². The van der Waals surface area contributed by atoms with E-state index in [0.717, 1.165) is 44.5 Å². The quantitative estimate of drug-likeness (QED) is 0.369. The molecule has 5 aromatic rings. The van der Waals surface area contributed by atoms with Gasteiger partial charge in [-0.05, 0) is 29.8 Å². The highest BCUT2D eigenvalue weighted by Gasteiger charge is 2.45. The van der Waals surface area contributed by atoms with Gasteiger partial charge in [0, 0.05) is 45.9 Å². The predicted molar refractivity (Wildman–Crippen MR) is 112 cm³/mol. The number of rotatable bonds is 0. The molecule has 0 spiro atoms. The molecule has 2 aromatic heterocycles. The van der Waals surface area contributed by atoms with Crippen LogP contribution in [0.15, 0.2) is 83.5 Å². The van der Waals surface area contributed by atoms with E-state index in [4.69, 9.17) is 9.07 Å². The molecule has 28 heavy (non-hydrogen) atoms. The molecule has 0 radical (unpaired) electrons. The summed E-state index contributed by atoms with van der Waals surface area (Å²) < 4.78 is 12.5. The van der Waals surface area contributed by atoms with Gasteiger partial charge >= 0.3 is 7.05 Å². The van der Waals surface area contributed by atoms with Gasteiger partial charge < -0.3 is 13.9 Å². The summed E-state index contributed by atoms with van der Waals surface area (Å²) in [5, 5.41) is 2.23. The second kappa shape index (κ2) is 4.96. The van der Waals surface area contributed by atoms with Crippen molar-refractivity contribution >= 4 is 45.8 Å². The summed E-state index contributed by atoms with van der Waals surface area (Å²) in [6.07, 6.45) is 3.75. The second-order valence-electron chi connectivity index (χ2n) is 7.23. The Morgan fingerprint density at radius 3 is 2.68 bits per heavy atom. The minimum atomic E-state index is -0.216. The van der Waals surface area contributed by atoms with Crippen LogP contribution in [-0.4, -0.2) is 12.0 Å². The first-order valence-corrected chi connectivity index (χ1v) is 9.33. The number of fused-ring (bicyclic) bond motifs is 11. The smallest absolute Gasteiger partial charge is 0.526 e. The summed E-state index contributed by atoms with van der Waals surface area (Å²) in [5.74, 6) is 0.836. The lowest BCUT2D eigenvalue weighted by atomic mass is 9.65. The molecule has 2 aliphatic rings. The van der Waals surface area contributed by atoms with Crippen molar-refractivity contribution in [3.8, 4) is 16.9 Å². The van der Waals surface area contributed by atoms with Crippen LogP contribution in [0.5, 0.6) is 5.75 Å². The van der Waals surface area contributed by atoms with Crippen LogP contribution in [0, 0.1) is 0 Å². The average molecular weight is 360 g/mol. The molecule has 3 aromatic carbocycles. The minimum absolute atomic E-state index is 0.216. The number of hydrogen-bond donors (Lipinski definition) is 0. The Labute approximate surface area is 161 Å². The van der Waals surface area contributed by atoms with E-state index in [9.17, 15) is 0 Å². The summed E-state index contributed by atoms with van der Waals surface area (Å²) in [7, 11) is -0.216. The van der Waals surface area contributed by atoms with Crippen LogP contribution < -0.4 is 14.9 Å². The molecule has 4 nitrogen and oxygen atoms in total. The molecular formula is C23H13BN2O2. The van der Waals surface area contributed by atoms with Gasteiger partial charge in [0.05, 0.1) is 5.69 Å². The third kappa shape index (κ3) is 1.69. The number of pyridine rings is 1. The summed E-state index contributed by atoms with van der Waals surface area (Å²) in [4.78, 5) is 6.63. The van der Waals surface area contributed by atoms with Crippen molar-refractivity contribution in [1.82, 2.24) is 4.98 Å². The molecule has 0 saturated carbocycles. The van der Waals surface area contributed by atoms with Gasteiger partial charge in [0.15, 0.2) is 0 Å². The van der Waals surface area contributed by atoms with Crippen LogP contribution in [0.3, 0.4) is 0 Å². The van der Waals surface area contributed by atoms with Crippen molar-refractivity contribution in [2.75, 3.05) is 4.81 Å². The predicted octanol–water partition coefficient (Wildman–Crippen LogP) is 4.89. The van der Waals surface area contributed by atoms with E-state index in [0.29, 0.717) is 0 Å². The van der Waals surface area contributed by atoms with Crippen molar-refractivity contribution in [3.05, 3.63) is 79.1 Å². The number of nitrogens with zero attached hydrogens (tertiary/aromatic N) is 2. The summed E-state index contributed by atoms with van der Waals surface area (Å²) in [5.41, 5.74) is 7.41. The molecule has 0 aliphatic carbocycles. The van der Waals surface area contributed by atoms with Crippen molar-refractivity contribution in [3.63, 3.8) is 0 Å². The summed E-state index contributed by atoms with van der Waals surface area (Å²) in [6, 6.07) is 22.9. The Morgan fingerprint density at radius 1 is 0.786 bits per heavy atom. The molecule has 2 aliphatic heterocycles. The zero-order valence-corrected chi connectivity index (χ0v) is 14.8. The van der Waals surface area contributed by atoms with E-state index in [-0.39, 0.29) is 7.05 Å². The topological polar surface area (TPSA) is 38.5 Å². The van der Waals surface area contributed by atoms with E-state index in [1.807, 2.05) is 36.7 Å². The van der Waals surface area contributed by atoms with Crippen LogP contribution in [0.1, 0.15) is 0 Å². The number of benzene rings is 3. The van der Waals surface area contributed by atoms with Gasteiger partial charge in [0.2, 0.25) is 0 Å². The minimum Gasteiger partial charge on any atom is -0.536 e. The molecule has 0 unspecified atom stereocenters. The van der Waals surface area contributed by atoms with Gasteiger partial charge in [-0.3, -0.25) is 4.98 Å². The van der Waals surface area contributed by atoms with E-state index >= 15 is 0 Å². The standard InChI is InChI=1S/C23H13BN2O2/c1-3-7-19-15(5-1)14-9-10-25-13-18(14)24-26(19)20-11-17-16-6-2-4-8-21(16)27-22(17)12-23(20)28-24/h1-13H. The maximum atomic E-state index is 6.42. The third-order valence-corrected chi connectivity index (χ3v) is 5.76. The molecule has 7 rings (SSSR count). The Hall–Kier alpha value is -3.73. The van der Waals surface area contributed by atoms with Gasteiger partial charge in [0.25, 0.3) is 0 Å². The van der Waals surface area contributed by atoms with E-state index < -0.39 is 0 Å². The largest absolute Gasteiger partial charge is 0.536 e. The molecule has 0 fully saturated rings. The highest BCUT2D eigenvalue weighted by molar-refractivity contribution is 6.77. The molecule has 5 heteroatoms. The number of aromatic nitrogens is 1. The van der Waals surface area contributed by atoms with Crippen molar-refractivity contribution < 1.29 is 9.07 Å². The van der Waals surface area contributed by atoms with Crippen LogP contribution in [-0.2, 0) is 0 Å². The first-order chi connectivity index (χ1) is 13.9. The number of furan rings is 1. The first kappa shape index (κ1) is 14.3. The second-order valence-corrected chi connectivity index (χ2v) is 7.23. The van der Waals surface area contributed by atoms with Crippen LogP contribution >= 0.6 is 0 Å². The molecule has 4 heterocycles. The Kier molecular flexibility index (Phi) is 2.54. The Morgan fingerprint density at radius 2 is 1.68 bits per heavy atom. The highest BCUT2D eigenvalue weighted by atomic mass is 16.5. The molecule has 0 atom stereocenters. The van der Waals surface area contributed by atoms with Gasteiger partial charge in [-0.2, -0.15) is 0 Å². The third-order valence-electron chi connectivity index (χ3n) is 5.76. The fourth-order valence-corrected chi connectivity index (χ4v) is 4.54. The summed E-state index contributed by atoms with van der Waals surface area (Å²) >= 11 is 0. The number of para-hydroxylation sites is 2. The van der Waals surface area contributed by atoms with Crippen LogP contribution in [0.2, 0.25) is 0 Å². The van der Waals surface area contributed by atoms with E-state index in [1.165, 1.54) is 11.1 Å². The van der Waals surface area contributed by atoms with Crippen LogP contribution in [0.4, 0.5) is 11.4 Å². The first-order valence-electron chi connectivity index (χ1n) is 9.33. The van der Waals surface area contributed by atoms with Crippen molar-refractivity contribution in [2.24, 2.45) is 0 Å². The average Bonchev–Trinajstić information content (AvgIpc) is 3.30. The molecular weight excluding hydrogens is 347 g/mol. The molecule has 0 N–H and O–H groups in total. The lowest BCUT2D eigenvalue weighted by Gasteiger charge is -2.30. The Balaban J connectivity index is 1.54. The van der Waals surface area contributed by atoms with Gasteiger partial charge in [-0.1, -0.05) is 36.4 Å². The van der Waals surface area contributed by atoms with Gasteiger partial charge in [-0.15, -0.1) is 0 Å². The van der Waals surface area contributed by atoms with Gasteiger partial charge in [0.1, 0.15) is 16.9 Å². The zero-order valence-electron chi connectivity index (χ0n) is 14.8. The van der Waals surface area contributed by atoms with Gasteiger partial charge in [-0.25, -0.2) is 0 Å². The normalized spacial score (nSPS) is 13.9. The lowest BCUT2D eigenvalue weighted by Crippen LogP contribution is -2.50. The molecule has 130 valence electrons. The maximum Gasteiger partial charge on any atom is 0.526 e. The number of anilines is 2. The lowest BCUT2D eigenvalue weighted by molar-refractivity contribution is 0.599. The fraction of sp³-hybridized carbons (Fsp3) is 0. The fourth-order valence-electron chi connectivity index (χ4n) is 4.54. The monoisotopic (exact) mass is 360 g/mol.